The average Bonchev–Trinajstić information content (AvgIpc) is 3.62. The Labute approximate surface area is 233 Å². The van der Waals surface area contributed by atoms with Gasteiger partial charge in [0, 0.05) is 35.6 Å². The second-order valence-electron chi connectivity index (χ2n) is 10.3. The van der Waals surface area contributed by atoms with Gasteiger partial charge in [-0.15, -0.1) is 0 Å². The topological polar surface area (TPSA) is 101 Å². The van der Waals surface area contributed by atoms with Crippen molar-refractivity contribution in [1.82, 2.24) is 14.9 Å². The van der Waals surface area contributed by atoms with Crippen LogP contribution < -0.4 is 5.32 Å². The number of hydrogen-bond acceptors (Lipinski definition) is 4. The maximum absolute atomic E-state index is 13.4. The SMILES string of the molecule is Cc1ccc(C(=O)c2cc(-c3ccccn3)cn2C/C=C/c2cccc(C(=O)NC3(C(=O)O)CCCC3)c2)cc1. The Balaban J connectivity index is 1.37. The number of carboxylic acids is 1. The number of hydrogen-bond donors (Lipinski definition) is 2. The fraction of sp³-hybridized carbons (Fsp3) is 0.212. The van der Waals surface area contributed by atoms with Crippen LogP contribution in [0.5, 0.6) is 0 Å². The Morgan fingerprint density at radius 1 is 0.975 bits per heavy atom. The molecular formula is C33H31N3O4. The zero-order valence-corrected chi connectivity index (χ0v) is 22.3. The number of ketones is 1. The Kier molecular flexibility index (Phi) is 7.73. The zero-order chi connectivity index (χ0) is 28.1. The molecule has 0 spiro atoms. The number of carbonyl (C=O) groups is 3. The van der Waals surface area contributed by atoms with Crippen LogP contribution in [0.15, 0.2) is 91.3 Å². The molecule has 7 nitrogen and oxygen atoms in total. The first-order chi connectivity index (χ1) is 19.3. The van der Waals surface area contributed by atoms with E-state index in [0.29, 0.717) is 36.2 Å². The summed E-state index contributed by atoms with van der Waals surface area (Å²) in [6.07, 6.45) is 9.91. The highest BCUT2D eigenvalue weighted by Crippen LogP contribution is 2.30. The van der Waals surface area contributed by atoms with Crippen molar-refractivity contribution in [3.8, 4) is 11.3 Å². The number of benzene rings is 2. The lowest BCUT2D eigenvalue weighted by molar-refractivity contribution is -0.144. The third kappa shape index (κ3) is 5.78. The number of carbonyl (C=O) groups excluding carboxylic acids is 2. The summed E-state index contributed by atoms with van der Waals surface area (Å²) in [5, 5.41) is 12.5. The predicted molar refractivity (Wildman–Crippen MR) is 154 cm³/mol. The molecule has 1 amide bonds. The molecule has 2 N–H and O–H groups in total. The van der Waals surface area contributed by atoms with Gasteiger partial charge in [0.2, 0.25) is 5.78 Å². The van der Waals surface area contributed by atoms with Crippen LogP contribution in [0, 0.1) is 6.92 Å². The number of allylic oxidation sites excluding steroid dienone is 1. The summed E-state index contributed by atoms with van der Waals surface area (Å²) in [7, 11) is 0. The number of amides is 1. The number of nitrogens with one attached hydrogen (secondary N) is 1. The second kappa shape index (κ2) is 11.5. The third-order valence-electron chi connectivity index (χ3n) is 7.38. The monoisotopic (exact) mass is 533 g/mol. The Bertz CT molecular complexity index is 1560. The van der Waals surface area contributed by atoms with Crippen LogP contribution in [0.3, 0.4) is 0 Å². The number of nitrogens with zero attached hydrogens (tertiary/aromatic N) is 2. The summed E-state index contributed by atoms with van der Waals surface area (Å²) in [4.78, 5) is 42.7. The number of aromatic nitrogens is 2. The van der Waals surface area contributed by atoms with Crippen LogP contribution in [0.1, 0.15) is 63.2 Å². The van der Waals surface area contributed by atoms with E-state index < -0.39 is 17.4 Å². The van der Waals surface area contributed by atoms with Gasteiger partial charge < -0.3 is 15.0 Å². The van der Waals surface area contributed by atoms with Crippen molar-refractivity contribution in [2.24, 2.45) is 0 Å². The van der Waals surface area contributed by atoms with Gasteiger partial charge in [0.05, 0.1) is 11.4 Å². The standard InChI is InChI=1S/C33H31N3O4/c1-23-12-14-25(15-13-23)30(37)29-21-27(28-11-2-5-18-34-28)22-36(29)19-7-9-24-8-6-10-26(20-24)31(38)35-33(32(39)40)16-3-4-17-33/h2,5-15,18,20-22H,3-4,16-17,19H2,1H3,(H,35,38)(H,39,40)/b9-7+. The van der Waals surface area contributed by atoms with E-state index in [1.807, 2.05) is 84.4 Å². The molecule has 0 radical (unpaired) electrons. The minimum absolute atomic E-state index is 0.0754. The van der Waals surface area contributed by atoms with E-state index in [1.54, 1.807) is 24.4 Å². The molecule has 40 heavy (non-hydrogen) atoms. The first-order valence-corrected chi connectivity index (χ1v) is 13.4. The van der Waals surface area contributed by atoms with Crippen molar-refractivity contribution in [2.45, 2.75) is 44.7 Å². The summed E-state index contributed by atoms with van der Waals surface area (Å²) < 4.78 is 1.90. The fourth-order valence-corrected chi connectivity index (χ4v) is 5.12. The number of aryl methyl sites for hydroxylation is 1. The lowest BCUT2D eigenvalue weighted by Crippen LogP contribution is -2.52. The van der Waals surface area contributed by atoms with Gasteiger partial charge in [-0.3, -0.25) is 14.6 Å². The first kappa shape index (κ1) is 26.8. The normalized spacial score (nSPS) is 14.3. The molecule has 2 aromatic heterocycles. The van der Waals surface area contributed by atoms with E-state index in [9.17, 15) is 19.5 Å². The maximum atomic E-state index is 13.4. The van der Waals surface area contributed by atoms with Crippen molar-refractivity contribution in [1.29, 1.82) is 0 Å². The van der Waals surface area contributed by atoms with Crippen LogP contribution in [0.2, 0.25) is 0 Å². The van der Waals surface area contributed by atoms with E-state index in [4.69, 9.17) is 0 Å². The highest BCUT2D eigenvalue weighted by molar-refractivity contribution is 6.08. The van der Waals surface area contributed by atoms with Gasteiger partial charge in [-0.05, 0) is 55.7 Å². The van der Waals surface area contributed by atoms with Gasteiger partial charge in [-0.1, -0.05) is 73.0 Å². The Morgan fingerprint density at radius 3 is 2.45 bits per heavy atom. The molecule has 2 aromatic carbocycles. The minimum Gasteiger partial charge on any atom is -0.480 e. The molecule has 0 atom stereocenters. The molecule has 0 saturated heterocycles. The zero-order valence-electron chi connectivity index (χ0n) is 22.3. The van der Waals surface area contributed by atoms with E-state index in [1.165, 1.54) is 0 Å². The molecule has 5 rings (SSSR count). The molecule has 2 heterocycles. The van der Waals surface area contributed by atoms with E-state index in [2.05, 4.69) is 10.3 Å². The van der Waals surface area contributed by atoms with Crippen LogP contribution in [0.4, 0.5) is 0 Å². The van der Waals surface area contributed by atoms with Gasteiger partial charge in [0.1, 0.15) is 5.54 Å². The quantitative estimate of drug-likeness (QED) is 0.260. The highest BCUT2D eigenvalue weighted by Gasteiger charge is 2.42. The lowest BCUT2D eigenvalue weighted by atomic mass is 9.97. The van der Waals surface area contributed by atoms with E-state index in [0.717, 1.165) is 35.2 Å². The smallest absolute Gasteiger partial charge is 0.329 e. The highest BCUT2D eigenvalue weighted by atomic mass is 16.4. The molecule has 0 unspecified atom stereocenters. The fourth-order valence-electron chi connectivity index (χ4n) is 5.12. The molecule has 202 valence electrons. The summed E-state index contributed by atoms with van der Waals surface area (Å²) in [5.74, 6) is -1.45. The maximum Gasteiger partial charge on any atom is 0.329 e. The summed E-state index contributed by atoms with van der Waals surface area (Å²) in [5.41, 5.74) is 3.89. The Morgan fingerprint density at radius 2 is 1.75 bits per heavy atom. The molecule has 1 fully saturated rings. The van der Waals surface area contributed by atoms with Gasteiger partial charge >= 0.3 is 5.97 Å². The lowest BCUT2D eigenvalue weighted by Gasteiger charge is -2.25. The van der Waals surface area contributed by atoms with Crippen LogP contribution in [-0.4, -0.2) is 37.9 Å². The Hall–Kier alpha value is -4.78. The van der Waals surface area contributed by atoms with Crippen molar-refractivity contribution in [3.63, 3.8) is 0 Å². The molecule has 7 heteroatoms. The molecule has 1 saturated carbocycles. The van der Waals surface area contributed by atoms with Crippen LogP contribution in [-0.2, 0) is 11.3 Å². The second-order valence-corrected chi connectivity index (χ2v) is 10.3. The summed E-state index contributed by atoms with van der Waals surface area (Å²) in [6.45, 7) is 2.41. The van der Waals surface area contributed by atoms with E-state index >= 15 is 0 Å². The number of pyridine rings is 1. The van der Waals surface area contributed by atoms with Crippen LogP contribution in [0.25, 0.3) is 17.3 Å². The van der Waals surface area contributed by atoms with Gasteiger partial charge in [0.15, 0.2) is 0 Å². The van der Waals surface area contributed by atoms with Gasteiger partial charge in [0.25, 0.3) is 5.91 Å². The van der Waals surface area contributed by atoms with E-state index in [-0.39, 0.29) is 5.78 Å². The number of rotatable bonds is 9. The van der Waals surface area contributed by atoms with Crippen molar-refractivity contribution >= 4 is 23.7 Å². The molecule has 1 aliphatic carbocycles. The third-order valence-corrected chi connectivity index (χ3v) is 7.38. The van der Waals surface area contributed by atoms with Crippen molar-refractivity contribution < 1.29 is 19.5 Å². The molecular weight excluding hydrogens is 502 g/mol. The average molecular weight is 534 g/mol. The molecule has 0 bridgehead atoms. The first-order valence-electron chi connectivity index (χ1n) is 13.4. The molecule has 0 aliphatic heterocycles. The summed E-state index contributed by atoms with van der Waals surface area (Å²) in [6, 6.07) is 22.1. The van der Waals surface area contributed by atoms with Crippen LogP contribution >= 0.6 is 0 Å². The van der Waals surface area contributed by atoms with Crippen molar-refractivity contribution in [3.05, 3.63) is 119 Å². The number of aliphatic carboxylic acids is 1. The molecule has 1 aliphatic rings. The van der Waals surface area contributed by atoms with Crippen molar-refractivity contribution in [2.75, 3.05) is 0 Å². The summed E-state index contributed by atoms with van der Waals surface area (Å²) >= 11 is 0. The predicted octanol–water partition coefficient (Wildman–Crippen LogP) is 5.93. The van der Waals surface area contributed by atoms with Gasteiger partial charge in [-0.25, -0.2) is 4.79 Å². The van der Waals surface area contributed by atoms with Gasteiger partial charge in [-0.2, -0.15) is 0 Å². The largest absolute Gasteiger partial charge is 0.480 e. The molecule has 4 aromatic rings. The number of carboxylic acid groups (broad SMARTS) is 1. The minimum atomic E-state index is -1.19.